The van der Waals surface area contributed by atoms with Crippen LogP contribution in [-0.2, 0) is 9.68 Å². The maximum absolute atomic E-state index is 10.6. The lowest BCUT2D eigenvalue weighted by atomic mass is 10.2. The first kappa shape index (κ1) is 15.7. The Morgan fingerprint density at radius 1 is 1.44 bits per heavy atom. The molecule has 0 bridgehead atoms. The van der Waals surface area contributed by atoms with E-state index in [2.05, 4.69) is 16.8 Å². The summed E-state index contributed by atoms with van der Waals surface area (Å²) in [5.74, 6) is -1.29. The average Bonchev–Trinajstić information content (AvgIpc) is 2.39. The molecule has 0 spiro atoms. The number of phenols is 1. The number of carbonyl (C=O) groups is 2. The third kappa shape index (κ3) is 5.66. The van der Waals surface area contributed by atoms with E-state index in [1.807, 2.05) is 6.92 Å². The van der Waals surface area contributed by atoms with E-state index < -0.39 is 5.97 Å². The number of aromatic hydroxyl groups is 1. The second kappa shape index (κ2) is 8.77. The molecule has 1 rings (SSSR count). The van der Waals surface area contributed by atoms with Crippen LogP contribution in [0, 0.1) is 0 Å². The molecule has 3 N–H and O–H groups in total. The highest BCUT2D eigenvalue weighted by Crippen LogP contribution is 2.15. The predicted molar refractivity (Wildman–Crippen MR) is 65.0 cm³/mol. The van der Waals surface area contributed by atoms with Crippen molar-refractivity contribution in [2.45, 2.75) is 6.92 Å². The summed E-state index contributed by atoms with van der Waals surface area (Å²) in [6, 6.07) is 5.77. The Kier molecular flexibility index (Phi) is 7.63. The number of benzene rings is 1. The normalized spacial score (nSPS) is 8.56. The molecule has 1 aromatic carbocycles. The third-order valence-corrected chi connectivity index (χ3v) is 1.74. The minimum absolute atomic E-state index is 0.0602. The molecule has 0 saturated carbocycles. The van der Waals surface area contributed by atoms with Crippen LogP contribution in [0.25, 0.3) is 0 Å². The highest BCUT2D eigenvalue weighted by molar-refractivity contribution is 5.91. The summed E-state index contributed by atoms with van der Waals surface area (Å²) < 4.78 is 0. The lowest BCUT2D eigenvalue weighted by Gasteiger charge is -1.97. The van der Waals surface area contributed by atoms with Crippen LogP contribution in [-0.4, -0.2) is 28.8 Å². The molecule has 1 amide bonds. The number of nitrogens with one attached hydrogen (secondary N) is 1. The molecule has 6 heteroatoms. The van der Waals surface area contributed by atoms with Gasteiger partial charge in [-0.25, -0.2) is 4.79 Å². The molecule has 18 heavy (non-hydrogen) atoms. The summed E-state index contributed by atoms with van der Waals surface area (Å²) in [5, 5.41) is 19.5. The van der Waals surface area contributed by atoms with Gasteiger partial charge in [-0.3, -0.25) is 9.68 Å². The fourth-order valence-electron chi connectivity index (χ4n) is 0.942. The second-order valence-electron chi connectivity index (χ2n) is 2.99. The van der Waals surface area contributed by atoms with Crippen molar-refractivity contribution < 1.29 is 24.8 Å². The number of hydrogen-bond donors (Lipinski definition) is 3. The van der Waals surface area contributed by atoms with E-state index in [0.29, 0.717) is 6.54 Å². The zero-order valence-electron chi connectivity index (χ0n) is 9.92. The molecule has 0 aliphatic carbocycles. The molecular formula is C12H15NO5. The summed E-state index contributed by atoms with van der Waals surface area (Å²) in [6.45, 7) is 5.80. The van der Waals surface area contributed by atoms with Crippen molar-refractivity contribution >= 4 is 11.9 Å². The van der Waals surface area contributed by atoms with Crippen molar-refractivity contribution in [3.63, 3.8) is 0 Å². The Morgan fingerprint density at radius 3 is 2.44 bits per heavy atom. The Labute approximate surface area is 104 Å². The van der Waals surface area contributed by atoms with Crippen LogP contribution >= 0.6 is 0 Å². The van der Waals surface area contributed by atoms with Gasteiger partial charge in [0.15, 0.2) is 0 Å². The Morgan fingerprint density at radius 2 is 2.06 bits per heavy atom. The molecule has 0 fully saturated rings. The number of likely N-dealkylation sites (N-methyl/N-ethyl adjacent to an activating group) is 1. The first-order valence-corrected chi connectivity index (χ1v) is 5.10. The number of phenolic OH excluding ortho intramolecular Hbond substituents is 1. The van der Waals surface area contributed by atoms with Gasteiger partial charge in [-0.2, -0.15) is 5.26 Å². The largest absolute Gasteiger partial charge is 0.507 e. The Bertz CT molecular complexity index is 417. The third-order valence-electron chi connectivity index (χ3n) is 1.74. The van der Waals surface area contributed by atoms with Crippen LogP contribution in [0.1, 0.15) is 17.3 Å². The van der Waals surface area contributed by atoms with Crippen molar-refractivity contribution in [2.75, 3.05) is 6.54 Å². The van der Waals surface area contributed by atoms with Gasteiger partial charge in [0.25, 0.3) is 0 Å². The molecule has 0 heterocycles. The van der Waals surface area contributed by atoms with E-state index >= 15 is 0 Å². The Hall–Kier alpha value is -2.34. The topological polar surface area (TPSA) is 95.9 Å². The van der Waals surface area contributed by atoms with Gasteiger partial charge in [0.05, 0.1) is 0 Å². The molecule has 0 aromatic heterocycles. The summed E-state index contributed by atoms with van der Waals surface area (Å²) in [5.41, 5.74) is -0.0602. The fraction of sp³-hybridized carbons (Fsp3) is 0.167. The maximum Gasteiger partial charge on any atom is 0.376 e. The molecule has 0 atom stereocenters. The van der Waals surface area contributed by atoms with Gasteiger partial charge in [0.1, 0.15) is 11.3 Å². The lowest BCUT2D eigenvalue weighted by molar-refractivity contribution is -0.182. The Balaban J connectivity index is 0.000000360. The monoisotopic (exact) mass is 253 g/mol. The van der Waals surface area contributed by atoms with Gasteiger partial charge in [-0.05, 0) is 25.1 Å². The standard InChI is InChI=1S/C7H6O4.C5H9NO/c8-6-4-2-1-3-5(6)7(9)11-10;1-3-5(7)6-4-2/h1-4,8,10H;3H,1,4H2,2H3,(H,6,7). The number of rotatable bonds is 3. The summed E-state index contributed by atoms with van der Waals surface area (Å²) in [4.78, 5) is 24.2. The van der Waals surface area contributed by atoms with Crippen LogP contribution in [0.3, 0.4) is 0 Å². The number of amides is 1. The predicted octanol–water partition coefficient (Wildman–Crippen LogP) is 1.33. The van der Waals surface area contributed by atoms with Crippen LogP contribution in [0.2, 0.25) is 0 Å². The van der Waals surface area contributed by atoms with E-state index in [4.69, 9.17) is 10.4 Å². The molecule has 6 nitrogen and oxygen atoms in total. The number of para-hydroxylation sites is 1. The van der Waals surface area contributed by atoms with E-state index in [-0.39, 0.29) is 17.2 Å². The number of hydrogen-bond acceptors (Lipinski definition) is 5. The molecule has 1 aromatic rings. The molecule has 0 aliphatic rings. The van der Waals surface area contributed by atoms with E-state index in [1.54, 1.807) is 12.1 Å². The highest BCUT2D eigenvalue weighted by atomic mass is 17.1. The van der Waals surface area contributed by atoms with Gasteiger partial charge in [-0.15, -0.1) is 0 Å². The van der Waals surface area contributed by atoms with E-state index in [1.165, 1.54) is 18.2 Å². The highest BCUT2D eigenvalue weighted by Gasteiger charge is 2.10. The van der Waals surface area contributed by atoms with Crippen LogP contribution in [0.5, 0.6) is 5.75 Å². The van der Waals surface area contributed by atoms with E-state index in [9.17, 15) is 9.59 Å². The van der Waals surface area contributed by atoms with Crippen molar-refractivity contribution in [3.05, 3.63) is 42.5 Å². The second-order valence-corrected chi connectivity index (χ2v) is 2.99. The summed E-state index contributed by atoms with van der Waals surface area (Å²) >= 11 is 0. The van der Waals surface area contributed by atoms with Crippen LogP contribution in [0.4, 0.5) is 0 Å². The van der Waals surface area contributed by atoms with Gasteiger partial charge in [-0.1, -0.05) is 18.7 Å². The van der Waals surface area contributed by atoms with Crippen molar-refractivity contribution in [3.8, 4) is 5.75 Å². The summed E-state index contributed by atoms with van der Waals surface area (Å²) in [6.07, 6.45) is 1.25. The van der Waals surface area contributed by atoms with Crippen LogP contribution in [0.15, 0.2) is 36.9 Å². The average molecular weight is 253 g/mol. The van der Waals surface area contributed by atoms with Crippen molar-refractivity contribution in [1.29, 1.82) is 0 Å². The van der Waals surface area contributed by atoms with E-state index in [0.717, 1.165) is 0 Å². The quantitative estimate of drug-likeness (QED) is 0.429. The van der Waals surface area contributed by atoms with Gasteiger partial charge >= 0.3 is 5.97 Å². The molecule has 0 radical (unpaired) electrons. The van der Waals surface area contributed by atoms with Gasteiger partial charge < -0.3 is 10.4 Å². The zero-order valence-corrected chi connectivity index (χ0v) is 9.92. The molecule has 0 unspecified atom stereocenters. The smallest absolute Gasteiger partial charge is 0.376 e. The maximum atomic E-state index is 10.6. The van der Waals surface area contributed by atoms with Crippen molar-refractivity contribution in [1.82, 2.24) is 5.32 Å². The minimum atomic E-state index is -0.969. The first-order chi connectivity index (χ1) is 8.56. The molecule has 98 valence electrons. The molecular weight excluding hydrogens is 238 g/mol. The molecule has 0 saturated heterocycles. The summed E-state index contributed by atoms with van der Waals surface area (Å²) in [7, 11) is 0. The van der Waals surface area contributed by atoms with Gasteiger partial charge in [0, 0.05) is 6.54 Å². The molecule has 0 aliphatic heterocycles. The number of carbonyl (C=O) groups excluding carboxylic acids is 2. The fourth-order valence-corrected chi connectivity index (χ4v) is 0.942. The van der Waals surface area contributed by atoms with Crippen LogP contribution < -0.4 is 5.32 Å². The van der Waals surface area contributed by atoms with Crippen molar-refractivity contribution in [2.24, 2.45) is 0 Å². The first-order valence-electron chi connectivity index (χ1n) is 5.10. The van der Waals surface area contributed by atoms with Gasteiger partial charge in [0.2, 0.25) is 5.91 Å². The lowest BCUT2D eigenvalue weighted by Crippen LogP contribution is -2.19. The SMILES string of the molecule is C=CC(=O)NCC.O=C(OO)c1ccccc1O. The zero-order chi connectivity index (χ0) is 14.0. The minimum Gasteiger partial charge on any atom is -0.507 e.